The Morgan fingerprint density at radius 3 is 2.78 bits per heavy atom. The second kappa shape index (κ2) is 5.39. The first kappa shape index (κ1) is 14.2. The van der Waals surface area contributed by atoms with Gasteiger partial charge in [-0.2, -0.15) is 0 Å². The minimum absolute atomic E-state index is 0.0538. The molecule has 0 bridgehead atoms. The van der Waals surface area contributed by atoms with Gasteiger partial charge < -0.3 is 4.90 Å². The molecule has 0 radical (unpaired) electrons. The molecule has 3 nitrogen and oxygen atoms in total. The summed E-state index contributed by atoms with van der Waals surface area (Å²) >= 11 is 9.36. The maximum atomic E-state index is 11.5. The van der Waals surface area contributed by atoms with Gasteiger partial charge in [0.05, 0.1) is 11.5 Å². The van der Waals surface area contributed by atoms with Crippen molar-refractivity contribution in [3.05, 3.63) is 28.2 Å². The third kappa shape index (κ3) is 3.00. The molecule has 0 aliphatic carbocycles. The molecule has 1 atom stereocenters. The van der Waals surface area contributed by atoms with Gasteiger partial charge in [-0.3, -0.25) is 0 Å². The Balaban J connectivity index is 2.26. The molecule has 1 aliphatic rings. The summed E-state index contributed by atoms with van der Waals surface area (Å²) in [4.78, 5) is 2.04. The van der Waals surface area contributed by atoms with E-state index in [4.69, 9.17) is 11.6 Å². The molecule has 1 aromatic rings. The van der Waals surface area contributed by atoms with Crippen molar-refractivity contribution in [2.45, 2.75) is 18.3 Å². The number of rotatable bonds is 3. The van der Waals surface area contributed by atoms with Gasteiger partial charge in [0.2, 0.25) is 0 Å². The van der Waals surface area contributed by atoms with Crippen LogP contribution in [0.4, 0.5) is 5.69 Å². The van der Waals surface area contributed by atoms with Crippen molar-refractivity contribution in [3.63, 3.8) is 0 Å². The Labute approximate surface area is 121 Å². The summed E-state index contributed by atoms with van der Waals surface area (Å²) in [5.41, 5.74) is 2.02. The second-order valence-corrected chi connectivity index (χ2v) is 7.99. The molecule has 1 unspecified atom stereocenters. The molecule has 1 saturated heterocycles. The highest BCUT2D eigenvalue weighted by molar-refractivity contribution is 9.10. The fourth-order valence-electron chi connectivity index (χ4n) is 2.28. The van der Waals surface area contributed by atoms with Gasteiger partial charge in [-0.25, -0.2) is 8.42 Å². The quantitative estimate of drug-likeness (QED) is 0.785. The molecule has 0 spiro atoms. The van der Waals surface area contributed by atoms with Gasteiger partial charge in [0.15, 0.2) is 9.84 Å². The maximum Gasteiger partial charge on any atom is 0.152 e. The van der Waals surface area contributed by atoms with Crippen LogP contribution in [0.2, 0.25) is 0 Å². The van der Waals surface area contributed by atoms with E-state index in [-0.39, 0.29) is 17.5 Å². The van der Waals surface area contributed by atoms with Crippen molar-refractivity contribution in [1.29, 1.82) is 0 Å². The molecular formula is C12H15BrClNO2S. The number of hydrogen-bond donors (Lipinski definition) is 0. The first-order chi connectivity index (χ1) is 8.43. The fraction of sp³-hybridized carbons (Fsp3) is 0.500. The molecule has 1 heterocycles. The molecule has 100 valence electrons. The Hall–Kier alpha value is -0.260. The summed E-state index contributed by atoms with van der Waals surface area (Å²) in [6.07, 6.45) is 0.691. The van der Waals surface area contributed by atoms with E-state index in [1.54, 1.807) is 0 Å². The molecule has 1 aromatic carbocycles. The van der Waals surface area contributed by atoms with E-state index in [0.29, 0.717) is 12.3 Å². The SMILES string of the molecule is CN(c1ccc(Br)cc1CCl)C1CCS(=O)(=O)C1. The van der Waals surface area contributed by atoms with E-state index < -0.39 is 9.84 Å². The van der Waals surface area contributed by atoms with Crippen LogP contribution < -0.4 is 4.90 Å². The van der Waals surface area contributed by atoms with Gasteiger partial charge in [-0.1, -0.05) is 15.9 Å². The largest absolute Gasteiger partial charge is 0.370 e. The number of hydrogen-bond acceptors (Lipinski definition) is 3. The average molecular weight is 353 g/mol. The molecule has 18 heavy (non-hydrogen) atoms. The Kier molecular flexibility index (Phi) is 4.24. The number of alkyl halides is 1. The number of nitrogens with zero attached hydrogens (tertiary/aromatic N) is 1. The molecule has 2 rings (SSSR count). The molecular weight excluding hydrogens is 338 g/mol. The Morgan fingerprint density at radius 2 is 2.22 bits per heavy atom. The summed E-state index contributed by atoms with van der Waals surface area (Å²) in [6.45, 7) is 0. The van der Waals surface area contributed by atoms with Crippen molar-refractivity contribution in [3.8, 4) is 0 Å². The van der Waals surface area contributed by atoms with Crippen LogP contribution in [0, 0.1) is 0 Å². The zero-order valence-electron chi connectivity index (χ0n) is 10.1. The van der Waals surface area contributed by atoms with Gasteiger partial charge in [-0.15, -0.1) is 11.6 Å². The first-order valence-electron chi connectivity index (χ1n) is 5.70. The number of anilines is 1. The van der Waals surface area contributed by atoms with Crippen LogP contribution in [-0.4, -0.2) is 33.0 Å². The monoisotopic (exact) mass is 351 g/mol. The van der Waals surface area contributed by atoms with E-state index in [1.165, 1.54) is 0 Å². The highest BCUT2D eigenvalue weighted by atomic mass is 79.9. The van der Waals surface area contributed by atoms with E-state index >= 15 is 0 Å². The summed E-state index contributed by atoms with van der Waals surface area (Å²) in [5, 5.41) is 0. The summed E-state index contributed by atoms with van der Waals surface area (Å²) in [6, 6.07) is 5.96. The zero-order valence-corrected chi connectivity index (χ0v) is 13.2. The van der Waals surface area contributed by atoms with Crippen molar-refractivity contribution in [2.75, 3.05) is 23.5 Å². The van der Waals surface area contributed by atoms with Gasteiger partial charge >= 0.3 is 0 Å². The molecule has 0 amide bonds. The summed E-state index contributed by atoms with van der Waals surface area (Å²) in [5.74, 6) is 0.939. The Bertz CT molecular complexity index is 547. The molecule has 1 aliphatic heterocycles. The standard InChI is InChI=1S/C12H15BrClNO2S/c1-15(11-4-5-18(16,17)8-11)12-3-2-10(13)6-9(12)7-14/h2-3,6,11H,4-5,7-8H2,1H3. The summed E-state index contributed by atoms with van der Waals surface area (Å²) < 4.78 is 24.0. The smallest absolute Gasteiger partial charge is 0.152 e. The van der Waals surface area contributed by atoms with Crippen LogP contribution in [0.5, 0.6) is 0 Å². The lowest BCUT2D eigenvalue weighted by Crippen LogP contribution is -2.33. The van der Waals surface area contributed by atoms with E-state index in [0.717, 1.165) is 15.7 Å². The molecule has 0 aromatic heterocycles. The maximum absolute atomic E-state index is 11.5. The van der Waals surface area contributed by atoms with E-state index in [9.17, 15) is 8.42 Å². The van der Waals surface area contributed by atoms with Gasteiger partial charge in [0, 0.05) is 29.1 Å². The van der Waals surface area contributed by atoms with Crippen LogP contribution in [0.1, 0.15) is 12.0 Å². The first-order valence-corrected chi connectivity index (χ1v) is 8.85. The number of benzene rings is 1. The minimum Gasteiger partial charge on any atom is -0.370 e. The third-order valence-electron chi connectivity index (χ3n) is 3.32. The summed E-state index contributed by atoms with van der Waals surface area (Å²) in [7, 11) is -0.925. The lowest BCUT2D eigenvalue weighted by molar-refractivity contribution is 0.601. The molecule has 0 N–H and O–H groups in total. The van der Waals surface area contributed by atoms with Crippen LogP contribution >= 0.6 is 27.5 Å². The van der Waals surface area contributed by atoms with Crippen LogP contribution in [-0.2, 0) is 15.7 Å². The lowest BCUT2D eigenvalue weighted by atomic mass is 10.1. The predicted molar refractivity (Wildman–Crippen MR) is 79.2 cm³/mol. The van der Waals surface area contributed by atoms with Gasteiger partial charge in [0.1, 0.15) is 0 Å². The van der Waals surface area contributed by atoms with Crippen molar-refractivity contribution in [1.82, 2.24) is 0 Å². The highest BCUT2D eigenvalue weighted by Gasteiger charge is 2.31. The van der Waals surface area contributed by atoms with E-state index in [2.05, 4.69) is 15.9 Å². The number of sulfone groups is 1. The fourth-order valence-corrected chi connectivity index (χ4v) is 4.68. The van der Waals surface area contributed by atoms with Crippen molar-refractivity contribution < 1.29 is 8.42 Å². The lowest BCUT2D eigenvalue weighted by Gasteiger charge is -2.27. The van der Waals surface area contributed by atoms with Crippen LogP contribution in [0.25, 0.3) is 0 Å². The number of halogens is 2. The molecule has 6 heteroatoms. The average Bonchev–Trinajstić information content (AvgIpc) is 2.68. The van der Waals surface area contributed by atoms with Crippen molar-refractivity contribution in [2.24, 2.45) is 0 Å². The minimum atomic E-state index is -2.86. The molecule has 0 saturated carbocycles. The normalized spacial score (nSPS) is 22.1. The third-order valence-corrected chi connectivity index (χ3v) is 5.85. The second-order valence-electron chi connectivity index (χ2n) is 4.57. The topological polar surface area (TPSA) is 37.4 Å². The zero-order chi connectivity index (χ0) is 13.3. The molecule has 1 fully saturated rings. The van der Waals surface area contributed by atoms with Gasteiger partial charge in [-0.05, 0) is 30.2 Å². The van der Waals surface area contributed by atoms with Crippen LogP contribution in [0.3, 0.4) is 0 Å². The van der Waals surface area contributed by atoms with Crippen molar-refractivity contribution >= 4 is 43.1 Å². The Morgan fingerprint density at radius 1 is 1.50 bits per heavy atom. The van der Waals surface area contributed by atoms with E-state index in [1.807, 2.05) is 30.1 Å². The van der Waals surface area contributed by atoms with Gasteiger partial charge in [0.25, 0.3) is 0 Å². The predicted octanol–water partition coefficient (Wildman–Crippen LogP) is 2.81. The highest BCUT2D eigenvalue weighted by Crippen LogP contribution is 2.29. The van der Waals surface area contributed by atoms with Crippen LogP contribution in [0.15, 0.2) is 22.7 Å².